The summed E-state index contributed by atoms with van der Waals surface area (Å²) in [5, 5.41) is 17.6. The van der Waals surface area contributed by atoms with Gasteiger partial charge in [-0.2, -0.15) is 26.3 Å². The van der Waals surface area contributed by atoms with E-state index in [9.17, 15) is 35.9 Å². The third-order valence-corrected chi connectivity index (χ3v) is 4.04. The molecule has 1 aliphatic rings. The number of halogens is 6. The van der Waals surface area contributed by atoms with E-state index in [2.05, 4.69) is 0 Å². The highest BCUT2D eigenvalue weighted by Crippen LogP contribution is 2.61. The molecule has 0 radical (unpaired) electrons. The molecule has 26 heavy (non-hydrogen) atoms. The van der Waals surface area contributed by atoms with Crippen LogP contribution in [0.2, 0.25) is 0 Å². The molecule has 0 aromatic heterocycles. The van der Waals surface area contributed by atoms with Crippen LogP contribution in [-0.2, 0) is 4.79 Å². The smallest absolute Gasteiger partial charge is 0.407 e. The molecule has 10 heteroatoms. The summed E-state index contributed by atoms with van der Waals surface area (Å²) in [7, 11) is 0. The van der Waals surface area contributed by atoms with Crippen LogP contribution in [-0.4, -0.2) is 34.5 Å². The normalized spacial score (nSPS) is 19.8. The van der Waals surface area contributed by atoms with E-state index >= 15 is 0 Å². The minimum Gasteiger partial charge on any atom is -0.478 e. The number of aromatic carboxylic acids is 1. The highest BCUT2D eigenvalue weighted by atomic mass is 19.4. The molecule has 0 amide bonds. The molecular formula is C16H10F6O4. The summed E-state index contributed by atoms with van der Waals surface area (Å²) in [6.07, 6.45) is -10.9. The lowest BCUT2D eigenvalue weighted by atomic mass is 9.67. The third kappa shape index (κ3) is 3.06. The van der Waals surface area contributed by atoms with Crippen molar-refractivity contribution in [1.29, 1.82) is 0 Å². The van der Waals surface area contributed by atoms with Crippen LogP contribution in [0.25, 0.3) is 0 Å². The average molecular weight is 380 g/mol. The standard InChI is InChI=1S/C16H10F6O4/c17-15(18,19)14(16(20,21)22)7-10(13(25)26)5-6-11(14)8-1-3-9(4-2-8)12(23)24/h1-7,11H,(H,23,24)(H,25,26). The Labute approximate surface area is 142 Å². The molecule has 0 saturated carbocycles. The fourth-order valence-corrected chi connectivity index (χ4v) is 2.75. The monoisotopic (exact) mass is 380 g/mol. The Morgan fingerprint density at radius 1 is 0.885 bits per heavy atom. The number of aliphatic carboxylic acids is 1. The van der Waals surface area contributed by atoms with Gasteiger partial charge in [-0.05, 0) is 23.8 Å². The Balaban J connectivity index is 2.72. The molecule has 1 aromatic carbocycles. The van der Waals surface area contributed by atoms with Crippen molar-refractivity contribution in [1.82, 2.24) is 0 Å². The SMILES string of the molecule is O=C(O)C1=CC(C(F)(F)F)(C(F)(F)F)C(c2ccc(C(=O)O)cc2)C=C1. The molecule has 2 rings (SSSR count). The van der Waals surface area contributed by atoms with Gasteiger partial charge >= 0.3 is 24.3 Å². The second kappa shape index (κ2) is 6.19. The van der Waals surface area contributed by atoms with Crippen LogP contribution in [0, 0.1) is 5.41 Å². The molecule has 0 heterocycles. The first-order valence-electron chi connectivity index (χ1n) is 6.92. The van der Waals surface area contributed by atoms with Gasteiger partial charge in [0.2, 0.25) is 0 Å². The van der Waals surface area contributed by atoms with Gasteiger partial charge in [-0.1, -0.05) is 24.3 Å². The highest BCUT2D eigenvalue weighted by molar-refractivity contribution is 5.90. The van der Waals surface area contributed by atoms with Crippen LogP contribution >= 0.6 is 0 Å². The van der Waals surface area contributed by atoms with Crippen molar-refractivity contribution in [3.05, 3.63) is 59.2 Å². The van der Waals surface area contributed by atoms with Gasteiger partial charge in [-0.25, -0.2) is 9.59 Å². The van der Waals surface area contributed by atoms with E-state index in [0.29, 0.717) is 12.2 Å². The molecule has 0 fully saturated rings. The Kier molecular flexibility index (Phi) is 4.65. The quantitative estimate of drug-likeness (QED) is 0.773. The molecule has 4 nitrogen and oxygen atoms in total. The number of allylic oxidation sites excluding steroid dienone is 2. The molecule has 1 atom stereocenters. The van der Waals surface area contributed by atoms with Gasteiger partial charge in [0.25, 0.3) is 0 Å². The Morgan fingerprint density at radius 2 is 1.38 bits per heavy atom. The number of rotatable bonds is 3. The first-order chi connectivity index (χ1) is 11.8. The van der Waals surface area contributed by atoms with E-state index in [0.717, 1.165) is 24.3 Å². The van der Waals surface area contributed by atoms with Crippen LogP contribution in [0.3, 0.4) is 0 Å². The van der Waals surface area contributed by atoms with Gasteiger partial charge in [0, 0.05) is 5.92 Å². The number of carboxylic acids is 2. The summed E-state index contributed by atoms with van der Waals surface area (Å²) >= 11 is 0. The van der Waals surface area contributed by atoms with Crippen molar-refractivity contribution in [2.24, 2.45) is 5.41 Å². The molecular weight excluding hydrogens is 370 g/mol. The van der Waals surface area contributed by atoms with Crippen molar-refractivity contribution < 1.29 is 46.1 Å². The first kappa shape index (κ1) is 19.5. The van der Waals surface area contributed by atoms with E-state index in [4.69, 9.17) is 10.2 Å². The molecule has 140 valence electrons. The number of carbonyl (C=O) groups is 2. The fourth-order valence-electron chi connectivity index (χ4n) is 2.75. The van der Waals surface area contributed by atoms with Crippen LogP contribution < -0.4 is 0 Å². The number of hydrogen-bond donors (Lipinski definition) is 2. The van der Waals surface area contributed by atoms with Crippen LogP contribution in [0.5, 0.6) is 0 Å². The number of benzene rings is 1. The Morgan fingerprint density at radius 3 is 1.77 bits per heavy atom. The summed E-state index contributed by atoms with van der Waals surface area (Å²) in [6.45, 7) is 0. The van der Waals surface area contributed by atoms with E-state index in [-0.39, 0.29) is 11.6 Å². The zero-order valence-electron chi connectivity index (χ0n) is 12.6. The summed E-state index contributed by atoms with van der Waals surface area (Å²) in [6, 6.07) is 3.42. The molecule has 1 aromatic rings. The van der Waals surface area contributed by atoms with Crippen molar-refractivity contribution in [2.75, 3.05) is 0 Å². The van der Waals surface area contributed by atoms with Crippen LogP contribution in [0.15, 0.2) is 48.1 Å². The summed E-state index contributed by atoms with van der Waals surface area (Å²) in [5.41, 5.74) is -6.38. The van der Waals surface area contributed by atoms with Crippen molar-refractivity contribution >= 4 is 11.9 Å². The number of alkyl halides is 6. The van der Waals surface area contributed by atoms with Gasteiger partial charge < -0.3 is 10.2 Å². The highest BCUT2D eigenvalue weighted by Gasteiger charge is 2.73. The lowest BCUT2D eigenvalue weighted by molar-refractivity contribution is -0.326. The largest absolute Gasteiger partial charge is 0.478 e. The van der Waals surface area contributed by atoms with Gasteiger partial charge in [-0.15, -0.1) is 0 Å². The molecule has 1 unspecified atom stereocenters. The fraction of sp³-hybridized carbons (Fsp3) is 0.250. The van der Waals surface area contributed by atoms with Gasteiger partial charge in [0.1, 0.15) is 0 Å². The van der Waals surface area contributed by atoms with E-state index in [1.54, 1.807) is 0 Å². The van der Waals surface area contributed by atoms with Crippen molar-refractivity contribution in [2.45, 2.75) is 18.3 Å². The summed E-state index contributed by atoms with van der Waals surface area (Å²) < 4.78 is 81.5. The van der Waals surface area contributed by atoms with Gasteiger partial charge in [0.05, 0.1) is 11.1 Å². The van der Waals surface area contributed by atoms with E-state index < -0.39 is 46.8 Å². The minimum atomic E-state index is -5.85. The lowest BCUT2D eigenvalue weighted by Gasteiger charge is -2.42. The summed E-state index contributed by atoms with van der Waals surface area (Å²) in [5.74, 6) is -5.64. The molecule has 2 N–H and O–H groups in total. The van der Waals surface area contributed by atoms with Crippen molar-refractivity contribution in [3.8, 4) is 0 Å². The van der Waals surface area contributed by atoms with Crippen molar-refractivity contribution in [3.63, 3.8) is 0 Å². The molecule has 0 bridgehead atoms. The minimum absolute atomic E-state index is 0.320. The maximum absolute atomic E-state index is 13.6. The van der Waals surface area contributed by atoms with Gasteiger partial charge in [0.15, 0.2) is 5.41 Å². The second-order valence-corrected chi connectivity index (χ2v) is 5.53. The molecule has 0 spiro atoms. The Hall–Kier alpha value is -2.78. The maximum Gasteiger partial charge on any atom is 0.407 e. The molecule has 0 saturated heterocycles. The van der Waals surface area contributed by atoms with Crippen LogP contribution in [0.1, 0.15) is 21.8 Å². The second-order valence-electron chi connectivity index (χ2n) is 5.53. The third-order valence-electron chi connectivity index (χ3n) is 4.04. The molecule has 1 aliphatic carbocycles. The predicted molar refractivity (Wildman–Crippen MR) is 75.5 cm³/mol. The first-order valence-corrected chi connectivity index (χ1v) is 6.92. The zero-order chi connectivity index (χ0) is 19.9. The maximum atomic E-state index is 13.6. The molecule has 0 aliphatic heterocycles. The summed E-state index contributed by atoms with van der Waals surface area (Å²) in [4.78, 5) is 21.7. The van der Waals surface area contributed by atoms with Crippen LogP contribution in [0.4, 0.5) is 26.3 Å². The van der Waals surface area contributed by atoms with E-state index in [1.165, 1.54) is 0 Å². The average Bonchev–Trinajstić information content (AvgIpc) is 2.52. The Bertz CT molecular complexity index is 772. The number of hydrogen-bond acceptors (Lipinski definition) is 2. The number of carboxylic acid groups (broad SMARTS) is 2. The predicted octanol–water partition coefficient (Wildman–Crippen LogP) is 4.16. The lowest BCUT2D eigenvalue weighted by Crippen LogP contribution is -2.53. The van der Waals surface area contributed by atoms with E-state index in [1.807, 2.05) is 0 Å². The van der Waals surface area contributed by atoms with Gasteiger partial charge in [-0.3, -0.25) is 0 Å². The topological polar surface area (TPSA) is 74.6 Å². The zero-order valence-corrected chi connectivity index (χ0v) is 12.6.